The van der Waals surface area contributed by atoms with Crippen molar-refractivity contribution in [1.82, 2.24) is 4.98 Å². The van der Waals surface area contributed by atoms with Crippen LogP contribution in [0.3, 0.4) is 0 Å². The van der Waals surface area contributed by atoms with E-state index >= 15 is 0 Å². The van der Waals surface area contributed by atoms with Gasteiger partial charge in [0.15, 0.2) is 4.34 Å². The molecule has 33 heavy (non-hydrogen) atoms. The molecule has 5 rings (SSSR count). The zero-order valence-corrected chi connectivity index (χ0v) is 20.5. The average molecular weight is 520 g/mol. The highest BCUT2D eigenvalue weighted by molar-refractivity contribution is 8.01. The van der Waals surface area contributed by atoms with Crippen molar-refractivity contribution < 1.29 is 14.4 Å². The summed E-state index contributed by atoms with van der Waals surface area (Å²) in [6, 6.07) is 10.3. The fourth-order valence-electron chi connectivity index (χ4n) is 4.41. The van der Waals surface area contributed by atoms with E-state index in [0.717, 1.165) is 40.2 Å². The summed E-state index contributed by atoms with van der Waals surface area (Å²) < 4.78 is 1.60. The molecule has 1 aromatic heterocycles. The molecular weight excluding hydrogens is 501 g/mol. The van der Waals surface area contributed by atoms with Crippen molar-refractivity contribution in [2.45, 2.75) is 30.0 Å². The van der Waals surface area contributed by atoms with Crippen molar-refractivity contribution in [2.75, 3.05) is 16.0 Å². The minimum absolute atomic E-state index is 0.0827. The summed E-state index contributed by atoms with van der Waals surface area (Å²) in [4.78, 5) is 44.0. The lowest BCUT2D eigenvalue weighted by Gasteiger charge is -2.19. The molecule has 6 nitrogen and oxygen atoms in total. The van der Waals surface area contributed by atoms with Crippen LogP contribution in [0.1, 0.15) is 25.7 Å². The van der Waals surface area contributed by atoms with Crippen molar-refractivity contribution in [3.63, 3.8) is 0 Å². The van der Waals surface area contributed by atoms with Gasteiger partial charge in [-0.15, -0.1) is 11.3 Å². The van der Waals surface area contributed by atoms with Crippen LogP contribution in [0.15, 0.2) is 40.7 Å². The lowest BCUT2D eigenvalue weighted by molar-refractivity contribution is -0.122. The van der Waals surface area contributed by atoms with Gasteiger partial charge in [0.1, 0.15) is 0 Å². The molecule has 0 bridgehead atoms. The third kappa shape index (κ3) is 4.49. The minimum Gasteiger partial charge on any atom is -0.324 e. The SMILES string of the molecule is O=C(CSc1nc2ccc(N3C(=O)[C@H]4CCCC[C@H]4C3=O)cc2s1)Nc1ccc(Cl)cc1Cl. The number of fused-ring (bicyclic) bond motifs is 2. The van der Waals surface area contributed by atoms with Gasteiger partial charge in [0.25, 0.3) is 0 Å². The molecular formula is C23H19Cl2N3O3S2. The number of carbonyl (C=O) groups is 3. The first kappa shape index (κ1) is 22.7. The van der Waals surface area contributed by atoms with E-state index in [1.165, 1.54) is 28.0 Å². The van der Waals surface area contributed by atoms with Crippen molar-refractivity contribution in [1.29, 1.82) is 0 Å². The Kier molecular flexibility index (Phi) is 6.35. The lowest BCUT2D eigenvalue weighted by atomic mass is 9.81. The Labute approximate surface area is 208 Å². The summed E-state index contributed by atoms with van der Waals surface area (Å²) in [5, 5.41) is 3.64. The van der Waals surface area contributed by atoms with E-state index in [-0.39, 0.29) is 35.3 Å². The number of halogens is 2. The Morgan fingerprint density at radius 3 is 2.52 bits per heavy atom. The van der Waals surface area contributed by atoms with E-state index in [0.29, 0.717) is 21.4 Å². The highest BCUT2D eigenvalue weighted by atomic mass is 35.5. The Morgan fingerprint density at radius 2 is 1.82 bits per heavy atom. The molecule has 0 spiro atoms. The molecule has 2 heterocycles. The number of thiazole rings is 1. The second-order valence-corrected chi connectivity index (χ2v) is 11.2. The van der Waals surface area contributed by atoms with Crippen molar-refractivity contribution in [2.24, 2.45) is 11.8 Å². The Morgan fingerprint density at radius 1 is 1.09 bits per heavy atom. The predicted molar refractivity (Wildman–Crippen MR) is 133 cm³/mol. The number of nitrogens with zero attached hydrogens (tertiary/aromatic N) is 2. The number of benzene rings is 2. The maximum absolute atomic E-state index is 12.9. The molecule has 3 amide bonds. The van der Waals surface area contributed by atoms with Gasteiger partial charge < -0.3 is 5.32 Å². The van der Waals surface area contributed by atoms with Crippen LogP contribution in [0.5, 0.6) is 0 Å². The van der Waals surface area contributed by atoms with Crippen LogP contribution in [0.25, 0.3) is 10.2 Å². The first-order chi connectivity index (χ1) is 15.9. The van der Waals surface area contributed by atoms with Gasteiger partial charge in [-0.3, -0.25) is 19.3 Å². The topological polar surface area (TPSA) is 79.4 Å². The summed E-state index contributed by atoms with van der Waals surface area (Å²) in [7, 11) is 0. The van der Waals surface area contributed by atoms with E-state index < -0.39 is 0 Å². The summed E-state index contributed by atoms with van der Waals surface area (Å²) in [5.74, 6) is -0.566. The average Bonchev–Trinajstić information content (AvgIpc) is 3.32. The summed E-state index contributed by atoms with van der Waals surface area (Å²) in [6.07, 6.45) is 3.58. The van der Waals surface area contributed by atoms with E-state index in [4.69, 9.17) is 23.2 Å². The fourth-order valence-corrected chi connectivity index (χ4v) is 6.77. The predicted octanol–water partition coefficient (Wildman–Crippen LogP) is 6.01. The van der Waals surface area contributed by atoms with Gasteiger partial charge in [0.2, 0.25) is 17.7 Å². The zero-order chi connectivity index (χ0) is 23.1. The standard InChI is InChI=1S/C23H19Cl2N3O3S2/c24-12-5-7-17(16(25)9-12)26-20(29)11-32-23-27-18-8-6-13(10-19(18)33-23)28-21(30)14-3-1-2-4-15(14)22(28)31/h5-10,14-15H,1-4,11H2,(H,26,29)/t14-,15+. The van der Waals surface area contributed by atoms with Crippen molar-refractivity contribution >= 4 is 85.6 Å². The van der Waals surface area contributed by atoms with E-state index in [2.05, 4.69) is 10.3 Å². The number of aromatic nitrogens is 1. The summed E-state index contributed by atoms with van der Waals surface area (Å²) >= 11 is 14.7. The number of amides is 3. The third-order valence-corrected chi connectivity index (χ3v) is 8.69. The molecule has 2 atom stereocenters. The minimum atomic E-state index is -0.208. The van der Waals surface area contributed by atoms with Crippen LogP contribution in [0.2, 0.25) is 10.0 Å². The van der Waals surface area contributed by atoms with Gasteiger partial charge in [-0.2, -0.15) is 0 Å². The first-order valence-corrected chi connectivity index (χ1v) is 13.1. The largest absolute Gasteiger partial charge is 0.324 e. The number of carbonyl (C=O) groups excluding carboxylic acids is 3. The Hall–Kier alpha value is -2.13. The molecule has 1 aliphatic heterocycles. The van der Waals surface area contributed by atoms with Gasteiger partial charge in [0.05, 0.1) is 44.2 Å². The number of hydrogen-bond donors (Lipinski definition) is 1. The van der Waals surface area contributed by atoms with Gasteiger partial charge in [-0.1, -0.05) is 47.8 Å². The number of thioether (sulfide) groups is 1. The molecule has 0 radical (unpaired) electrons. The highest BCUT2D eigenvalue weighted by Crippen LogP contribution is 2.41. The van der Waals surface area contributed by atoms with Crippen LogP contribution in [0, 0.1) is 11.8 Å². The molecule has 10 heteroatoms. The molecule has 170 valence electrons. The fraction of sp³-hybridized carbons (Fsp3) is 0.304. The van der Waals surface area contributed by atoms with Gasteiger partial charge in [0, 0.05) is 5.02 Å². The number of rotatable bonds is 5. The van der Waals surface area contributed by atoms with E-state index in [9.17, 15) is 14.4 Å². The van der Waals surface area contributed by atoms with E-state index in [1.54, 1.807) is 24.3 Å². The van der Waals surface area contributed by atoms with Crippen LogP contribution in [-0.2, 0) is 14.4 Å². The summed E-state index contributed by atoms with van der Waals surface area (Å²) in [6.45, 7) is 0. The molecule has 1 saturated heterocycles. The highest BCUT2D eigenvalue weighted by Gasteiger charge is 2.48. The van der Waals surface area contributed by atoms with Gasteiger partial charge >= 0.3 is 0 Å². The van der Waals surface area contributed by atoms with Crippen LogP contribution in [0.4, 0.5) is 11.4 Å². The van der Waals surface area contributed by atoms with Crippen molar-refractivity contribution in [3.8, 4) is 0 Å². The molecule has 0 unspecified atom stereocenters. The molecule has 2 fully saturated rings. The van der Waals surface area contributed by atoms with Crippen LogP contribution < -0.4 is 10.2 Å². The van der Waals surface area contributed by atoms with Gasteiger partial charge in [-0.05, 0) is 49.2 Å². The molecule has 2 aromatic carbocycles. The number of anilines is 2. The maximum Gasteiger partial charge on any atom is 0.237 e. The second kappa shape index (κ2) is 9.25. The van der Waals surface area contributed by atoms with Crippen LogP contribution in [-0.4, -0.2) is 28.5 Å². The summed E-state index contributed by atoms with van der Waals surface area (Å²) in [5.41, 5.74) is 1.87. The molecule has 1 aliphatic carbocycles. The quantitative estimate of drug-likeness (QED) is 0.329. The molecule has 3 aromatic rings. The Bertz CT molecular complexity index is 1260. The molecule has 2 aliphatic rings. The molecule has 1 saturated carbocycles. The molecule has 1 N–H and O–H groups in total. The Balaban J connectivity index is 1.28. The second-order valence-electron chi connectivity index (χ2n) is 8.10. The number of nitrogens with one attached hydrogen (secondary N) is 1. The number of imide groups is 1. The van der Waals surface area contributed by atoms with E-state index in [1.807, 2.05) is 12.1 Å². The maximum atomic E-state index is 12.9. The lowest BCUT2D eigenvalue weighted by Crippen LogP contribution is -2.30. The first-order valence-electron chi connectivity index (χ1n) is 10.6. The normalized spacial score (nSPS) is 20.4. The smallest absolute Gasteiger partial charge is 0.237 e. The van der Waals surface area contributed by atoms with Crippen molar-refractivity contribution in [3.05, 3.63) is 46.4 Å². The third-order valence-electron chi connectivity index (χ3n) is 5.98. The van der Waals surface area contributed by atoms with Gasteiger partial charge in [-0.25, -0.2) is 4.98 Å². The monoisotopic (exact) mass is 519 g/mol. The van der Waals surface area contributed by atoms with Crippen LogP contribution >= 0.6 is 46.3 Å². The zero-order valence-electron chi connectivity index (χ0n) is 17.3. The number of hydrogen-bond acceptors (Lipinski definition) is 6.